The molecule has 1 heterocycles. The van der Waals surface area contributed by atoms with Crippen LogP contribution in [-0.4, -0.2) is 30.5 Å². The van der Waals surface area contributed by atoms with Crippen LogP contribution in [0.15, 0.2) is 0 Å². The van der Waals surface area contributed by atoms with E-state index in [1.54, 1.807) is 0 Å². The van der Waals surface area contributed by atoms with Crippen LogP contribution < -0.4 is 0 Å². The van der Waals surface area contributed by atoms with Gasteiger partial charge in [-0.05, 0) is 4.53 Å². The van der Waals surface area contributed by atoms with Gasteiger partial charge in [-0.2, -0.15) is 4.94 Å². The van der Waals surface area contributed by atoms with Crippen molar-refractivity contribution < 1.29 is 19.3 Å². The minimum absolute atomic E-state index is 0.150. The van der Waals surface area contributed by atoms with E-state index < -0.39 is 12.2 Å². The molecule has 4 heteroatoms. The van der Waals surface area contributed by atoms with Crippen LogP contribution in [-0.2, 0) is 9.68 Å². The van der Waals surface area contributed by atoms with Gasteiger partial charge in [0.05, 0.1) is 13.2 Å². The van der Waals surface area contributed by atoms with Crippen LogP contribution >= 0.6 is 0 Å². The molecule has 0 aliphatic carbocycles. The lowest BCUT2D eigenvalue weighted by Crippen LogP contribution is -2.23. The summed E-state index contributed by atoms with van der Waals surface area (Å²) < 4.78 is 15.9. The van der Waals surface area contributed by atoms with E-state index in [1.165, 1.54) is 0 Å². The molecule has 0 unspecified atom stereocenters. The fourth-order valence-corrected chi connectivity index (χ4v) is 0.608. The largest absolute Gasteiger partial charge is 0.388 e. The maximum absolute atomic E-state index is 11.2. The molecule has 1 N–H and O–H groups in total. The molecule has 2 atom stereocenters. The molecule has 0 aromatic rings. The molecule has 0 radical (unpaired) electrons. The Morgan fingerprint density at radius 2 is 2.38 bits per heavy atom. The van der Waals surface area contributed by atoms with Crippen molar-refractivity contribution in [3.8, 4) is 0 Å². The molecule has 48 valence electrons. The van der Waals surface area contributed by atoms with Crippen molar-refractivity contribution >= 4 is 0 Å². The molecule has 3 nitrogen and oxygen atoms in total. The summed E-state index contributed by atoms with van der Waals surface area (Å²) >= 11 is 0. The summed E-state index contributed by atoms with van der Waals surface area (Å²) in [6, 6.07) is 0. The number of halogens is 1. The SMILES string of the molecule is O[C@@H]1COC[C@H]1OF. The Labute approximate surface area is 45.9 Å². The molecule has 8 heavy (non-hydrogen) atoms. The average Bonchev–Trinajstić information content (AvgIpc) is 2.14. The molecule has 1 rings (SSSR count). The van der Waals surface area contributed by atoms with E-state index in [2.05, 4.69) is 9.68 Å². The molecule has 1 aliphatic heterocycles. The van der Waals surface area contributed by atoms with Gasteiger partial charge < -0.3 is 9.84 Å². The fourth-order valence-electron chi connectivity index (χ4n) is 0.608. The second-order valence-electron chi connectivity index (χ2n) is 1.73. The summed E-state index contributed by atoms with van der Waals surface area (Å²) in [6.07, 6.45) is -1.56. The molecule has 0 saturated carbocycles. The summed E-state index contributed by atoms with van der Waals surface area (Å²) in [5.74, 6) is 0. The van der Waals surface area contributed by atoms with Crippen LogP contribution in [0.4, 0.5) is 4.53 Å². The van der Waals surface area contributed by atoms with Gasteiger partial charge in [-0.15, -0.1) is 0 Å². The van der Waals surface area contributed by atoms with Gasteiger partial charge in [-0.1, -0.05) is 0 Å². The van der Waals surface area contributed by atoms with Gasteiger partial charge in [0.15, 0.2) is 0 Å². The molecule has 0 amide bonds. The predicted molar refractivity (Wildman–Crippen MR) is 22.8 cm³/mol. The summed E-state index contributed by atoms with van der Waals surface area (Å²) in [4.78, 5) is 3.35. The number of rotatable bonds is 1. The minimum Gasteiger partial charge on any atom is -0.388 e. The van der Waals surface area contributed by atoms with Crippen molar-refractivity contribution in [2.24, 2.45) is 0 Å². The minimum atomic E-state index is -0.792. The summed E-state index contributed by atoms with van der Waals surface area (Å²) in [6.45, 7) is 0.326. The topological polar surface area (TPSA) is 38.7 Å². The molecule has 1 fully saturated rings. The van der Waals surface area contributed by atoms with Crippen LogP contribution in [0.1, 0.15) is 0 Å². The van der Waals surface area contributed by atoms with E-state index in [0.29, 0.717) is 0 Å². The lowest BCUT2D eigenvalue weighted by Gasteiger charge is -2.03. The molecule has 0 aromatic heterocycles. The molecule has 0 aromatic carbocycles. The van der Waals surface area contributed by atoms with Gasteiger partial charge in [0.25, 0.3) is 0 Å². The van der Waals surface area contributed by atoms with E-state index in [9.17, 15) is 4.53 Å². The smallest absolute Gasteiger partial charge is 0.150 e. The maximum Gasteiger partial charge on any atom is 0.150 e. The Morgan fingerprint density at radius 3 is 2.62 bits per heavy atom. The van der Waals surface area contributed by atoms with Crippen LogP contribution in [0.5, 0.6) is 0 Å². The first-order chi connectivity index (χ1) is 3.84. The van der Waals surface area contributed by atoms with Crippen LogP contribution in [0.3, 0.4) is 0 Å². The first kappa shape index (κ1) is 5.94. The molecule has 1 saturated heterocycles. The highest BCUT2D eigenvalue weighted by atomic mass is 19.3. The lowest BCUT2D eigenvalue weighted by molar-refractivity contribution is -0.197. The standard InChI is InChI=1S/C4H7FO3/c5-8-4-2-7-1-3(4)6/h3-4,6H,1-2H2/t3-,4-/m1/s1. The molecule has 0 bridgehead atoms. The zero-order chi connectivity index (χ0) is 5.98. The van der Waals surface area contributed by atoms with Crippen molar-refractivity contribution in [1.29, 1.82) is 0 Å². The van der Waals surface area contributed by atoms with Crippen molar-refractivity contribution in [1.82, 2.24) is 0 Å². The Balaban J connectivity index is 2.30. The Bertz CT molecular complexity index is 77.7. The average molecular weight is 122 g/mol. The van der Waals surface area contributed by atoms with E-state index in [-0.39, 0.29) is 13.2 Å². The Kier molecular flexibility index (Phi) is 1.77. The number of aliphatic hydroxyl groups excluding tert-OH is 1. The first-order valence-electron chi connectivity index (χ1n) is 2.38. The van der Waals surface area contributed by atoms with E-state index >= 15 is 0 Å². The second-order valence-corrected chi connectivity index (χ2v) is 1.73. The van der Waals surface area contributed by atoms with E-state index in [1.807, 2.05) is 0 Å². The van der Waals surface area contributed by atoms with E-state index in [0.717, 1.165) is 0 Å². The van der Waals surface area contributed by atoms with Crippen molar-refractivity contribution in [2.75, 3.05) is 13.2 Å². The van der Waals surface area contributed by atoms with Gasteiger partial charge >= 0.3 is 0 Å². The van der Waals surface area contributed by atoms with Gasteiger partial charge in [-0.25, -0.2) is 0 Å². The number of hydrogen-bond acceptors (Lipinski definition) is 3. The van der Waals surface area contributed by atoms with Crippen LogP contribution in [0.25, 0.3) is 0 Å². The third kappa shape index (κ3) is 0.964. The Hall–Kier alpha value is -0.190. The number of aliphatic hydroxyl groups is 1. The lowest BCUT2D eigenvalue weighted by atomic mass is 10.3. The molecule has 1 aliphatic rings. The van der Waals surface area contributed by atoms with Crippen LogP contribution in [0.2, 0.25) is 0 Å². The van der Waals surface area contributed by atoms with Crippen molar-refractivity contribution in [3.05, 3.63) is 0 Å². The first-order valence-corrected chi connectivity index (χ1v) is 2.38. The molecule has 0 spiro atoms. The number of ether oxygens (including phenoxy) is 1. The second kappa shape index (κ2) is 2.39. The maximum atomic E-state index is 11.2. The zero-order valence-corrected chi connectivity index (χ0v) is 4.21. The predicted octanol–water partition coefficient (Wildman–Crippen LogP) is -0.353. The zero-order valence-electron chi connectivity index (χ0n) is 4.21. The van der Waals surface area contributed by atoms with Crippen molar-refractivity contribution in [2.45, 2.75) is 12.2 Å². The van der Waals surface area contributed by atoms with Crippen molar-refractivity contribution in [3.63, 3.8) is 0 Å². The summed E-state index contributed by atoms with van der Waals surface area (Å²) in [5.41, 5.74) is 0. The van der Waals surface area contributed by atoms with Crippen LogP contribution in [0, 0.1) is 0 Å². The number of hydrogen-bond donors (Lipinski definition) is 1. The third-order valence-electron chi connectivity index (χ3n) is 1.11. The summed E-state index contributed by atoms with van der Waals surface area (Å²) in [5, 5.41) is 8.70. The normalized spacial score (nSPS) is 38.2. The van der Waals surface area contributed by atoms with E-state index in [4.69, 9.17) is 5.11 Å². The highest BCUT2D eigenvalue weighted by Crippen LogP contribution is 2.08. The highest BCUT2D eigenvalue weighted by molar-refractivity contribution is 4.72. The third-order valence-corrected chi connectivity index (χ3v) is 1.11. The monoisotopic (exact) mass is 122 g/mol. The van der Waals surface area contributed by atoms with Gasteiger partial charge in [0, 0.05) is 0 Å². The molecular formula is C4H7FO3. The fraction of sp³-hybridized carbons (Fsp3) is 1.00. The Morgan fingerprint density at radius 1 is 1.62 bits per heavy atom. The van der Waals surface area contributed by atoms with Gasteiger partial charge in [0.1, 0.15) is 12.2 Å². The highest BCUT2D eigenvalue weighted by Gasteiger charge is 2.27. The summed E-state index contributed by atoms with van der Waals surface area (Å²) in [7, 11) is 0. The van der Waals surface area contributed by atoms with Gasteiger partial charge in [0.2, 0.25) is 0 Å². The quantitative estimate of drug-likeness (QED) is 0.516. The molecular weight excluding hydrogens is 115 g/mol. The van der Waals surface area contributed by atoms with Gasteiger partial charge in [-0.3, -0.25) is 0 Å².